The first-order valence-electron chi connectivity index (χ1n) is 5.56. The number of hydrogen-bond acceptors (Lipinski definition) is 3. The van der Waals surface area contributed by atoms with E-state index in [1.54, 1.807) is 12.1 Å². The number of methoxy groups -OCH3 is 1. The van der Waals surface area contributed by atoms with Gasteiger partial charge in [0.1, 0.15) is 0 Å². The molecule has 98 valence electrons. The van der Waals surface area contributed by atoms with E-state index in [4.69, 9.17) is 9.84 Å². The first-order chi connectivity index (χ1) is 8.43. The summed E-state index contributed by atoms with van der Waals surface area (Å²) >= 11 is 0. The van der Waals surface area contributed by atoms with Crippen LogP contribution < -0.4 is 5.32 Å². The van der Waals surface area contributed by atoms with E-state index in [0.717, 1.165) is 11.1 Å². The quantitative estimate of drug-likeness (QED) is 0.822. The van der Waals surface area contributed by atoms with Gasteiger partial charge >= 0.3 is 5.97 Å². The number of nitrogens with one attached hydrogen (secondary N) is 1. The molecule has 18 heavy (non-hydrogen) atoms. The Labute approximate surface area is 106 Å². The predicted octanol–water partition coefficient (Wildman–Crippen LogP) is 1.13. The average Bonchev–Trinajstić information content (AvgIpc) is 2.27. The summed E-state index contributed by atoms with van der Waals surface area (Å²) in [5.41, 5.74) is 2.50. The molecule has 0 spiro atoms. The van der Waals surface area contributed by atoms with Gasteiger partial charge in [0.05, 0.1) is 6.54 Å². The number of amides is 1. The second-order valence-corrected chi connectivity index (χ2v) is 4.15. The number of ether oxygens (including phenoxy) is 1. The Kier molecular flexibility index (Phi) is 4.85. The van der Waals surface area contributed by atoms with Gasteiger partial charge in [0.25, 0.3) is 5.91 Å². The topological polar surface area (TPSA) is 75.6 Å². The third kappa shape index (κ3) is 3.85. The zero-order valence-electron chi connectivity index (χ0n) is 10.7. The van der Waals surface area contributed by atoms with Crippen molar-refractivity contribution in [3.05, 3.63) is 34.9 Å². The molecule has 0 aliphatic heterocycles. The molecule has 1 aromatic rings. The van der Waals surface area contributed by atoms with E-state index < -0.39 is 12.1 Å². The van der Waals surface area contributed by atoms with Gasteiger partial charge in [-0.25, -0.2) is 4.79 Å². The standard InChI is InChI=1S/C13H17NO4/c1-8-4-9(2)6-10(5-8)12(15)14-7-11(18-3)13(16)17/h4-6,11H,7H2,1-3H3,(H,14,15)(H,16,17). The molecule has 0 aromatic heterocycles. The number of carbonyl (C=O) groups excluding carboxylic acids is 1. The summed E-state index contributed by atoms with van der Waals surface area (Å²) < 4.78 is 4.73. The Morgan fingerprint density at radius 1 is 1.28 bits per heavy atom. The molecule has 1 atom stereocenters. The first-order valence-corrected chi connectivity index (χ1v) is 5.56. The van der Waals surface area contributed by atoms with E-state index >= 15 is 0 Å². The average molecular weight is 251 g/mol. The molecule has 0 radical (unpaired) electrons. The van der Waals surface area contributed by atoms with Crippen molar-refractivity contribution in [3.63, 3.8) is 0 Å². The van der Waals surface area contributed by atoms with Crippen LogP contribution in [0.5, 0.6) is 0 Å². The van der Waals surface area contributed by atoms with Crippen molar-refractivity contribution in [3.8, 4) is 0 Å². The normalized spacial score (nSPS) is 11.9. The molecule has 0 aliphatic rings. The fourth-order valence-electron chi connectivity index (χ4n) is 1.66. The maximum absolute atomic E-state index is 11.8. The Balaban J connectivity index is 2.68. The van der Waals surface area contributed by atoms with Gasteiger partial charge in [-0.05, 0) is 26.0 Å². The van der Waals surface area contributed by atoms with Gasteiger partial charge in [0.15, 0.2) is 6.10 Å². The second-order valence-electron chi connectivity index (χ2n) is 4.15. The van der Waals surface area contributed by atoms with Crippen LogP contribution in [0.2, 0.25) is 0 Å². The van der Waals surface area contributed by atoms with E-state index in [9.17, 15) is 9.59 Å². The van der Waals surface area contributed by atoms with Gasteiger partial charge in [0.2, 0.25) is 0 Å². The number of carbonyl (C=O) groups is 2. The van der Waals surface area contributed by atoms with Crippen molar-refractivity contribution in [1.29, 1.82) is 0 Å². The van der Waals surface area contributed by atoms with Crippen LogP contribution in [0.4, 0.5) is 0 Å². The fraction of sp³-hybridized carbons (Fsp3) is 0.385. The Morgan fingerprint density at radius 3 is 2.28 bits per heavy atom. The van der Waals surface area contributed by atoms with Crippen LogP contribution in [0.25, 0.3) is 0 Å². The molecule has 5 heteroatoms. The minimum atomic E-state index is -1.10. The highest BCUT2D eigenvalue weighted by atomic mass is 16.5. The molecule has 1 unspecified atom stereocenters. The predicted molar refractivity (Wildman–Crippen MR) is 66.7 cm³/mol. The molecule has 1 amide bonds. The number of benzene rings is 1. The van der Waals surface area contributed by atoms with E-state index in [2.05, 4.69) is 5.32 Å². The molecule has 0 saturated heterocycles. The van der Waals surface area contributed by atoms with E-state index in [1.807, 2.05) is 19.9 Å². The van der Waals surface area contributed by atoms with Crippen LogP contribution in [0.15, 0.2) is 18.2 Å². The number of aliphatic carboxylic acids is 1. The molecule has 0 bridgehead atoms. The van der Waals surface area contributed by atoms with Crippen molar-refractivity contribution in [2.45, 2.75) is 20.0 Å². The van der Waals surface area contributed by atoms with Gasteiger partial charge in [-0.3, -0.25) is 4.79 Å². The summed E-state index contributed by atoms with van der Waals surface area (Å²) in [5, 5.41) is 11.3. The monoisotopic (exact) mass is 251 g/mol. The van der Waals surface area contributed by atoms with Crippen molar-refractivity contribution < 1.29 is 19.4 Å². The SMILES string of the molecule is COC(CNC(=O)c1cc(C)cc(C)c1)C(=O)O. The number of aryl methyl sites for hydroxylation is 2. The van der Waals surface area contributed by atoms with Crippen LogP contribution in [-0.4, -0.2) is 36.7 Å². The summed E-state index contributed by atoms with van der Waals surface area (Å²) in [6.07, 6.45) is -1.03. The number of carboxylic acids is 1. The van der Waals surface area contributed by atoms with Gasteiger partial charge in [-0.1, -0.05) is 17.2 Å². The van der Waals surface area contributed by atoms with E-state index in [1.165, 1.54) is 7.11 Å². The highest BCUT2D eigenvalue weighted by Gasteiger charge is 2.17. The molecular weight excluding hydrogens is 234 g/mol. The molecule has 2 N–H and O–H groups in total. The van der Waals surface area contributed by atoms with Gasteiger partial charge in [-0.15, -0.1) is 0 Å². The minimum Gasteiger partial charge on any atom is -0.479 e. The Morgan fingerprint density at radius 2 is 1.83 bits per heavy atom. The zero-order valence-corrected chi connectivity index (χ0v) is 10.7. The number of carboxylic acid groups (broad SMARTS) is 1. The molecule has 0 saturated carbocycles. The van der Waals surface area contributed by atoms with Crippen LogP contribution in [-0.2, 0) is 9.53 Å². The van der Waals surface area contributed by atoms with Crippen LogP contribution in [0, 0.1) is 13.8 Å². The molecule has 0 fully saturated rings. The van der Waals surface area contributed by atoms with Crippen molar-refractivity contribution in [2.75, 3.05) is 13.7 Å². The summed E-state index contributed by atoms with van der Waals surface area (Å²) in [6.45, 7) is 3.75. The lowest BCUT2D eigenvalue weighted by Crippen LogP contribution is -2.37. The maximum Gasteiger partial charge on any atom is 0.334 e. The third-order valence-corrected chi connectivity index (χ3v) is 2.49. The minimum absolute atomic E-state index is 0.0579. The van der Waals surface area contributed by atoms with Crippen LogP contribution in [0.3, 0.4) is 0 Å². The largest absolute Gasteiger partial charge is 0.479 e. The highest BCUT2D eigenvalue weighted by Crippen LogP contribution is 2.08. The molecule has 5 nitrogen and oxygen atoms in total. The smallest absolute Gasteiger partial charge is 0.334 e. The van der Waals surface area contributed by atoms with Gasteiger partial charge < -0.3 is 15.2 Å². The van der Waals surface area contributed by atoms with Gasteiger partial charge in [-0.2, -0.15) is 0 Å². The van der Waals surface area contributed by atoms with E-state index in [-0.39, 0.29) is 12.5 Å². The maximum atomic E-state index is 11.8. The van der Waals surface area contributed by atoms with E-state index in [0.29, 0.717) is 5.56 Å². The Hall–Kier alpha value is -1.88. The molecule has 0 heterocycles. The number of hydrogen-bond donors (Lipinski definition) is 2. The third-order valence-electron chi connectivity index (χ3n) is 2.49. The Bertz CT molecular complexity index is 436. The molecular formula is C13H17NO4. The van der Waals surface area contributed by atoms with Crippen molar-refractivity contribution in [1.82, 2.24) is 5.32 Å². The molecule has 0 aliphatic carbocycles. The van der Waals surface area contributed by atoms with Crippen molar-refractivity contribution in [2.24, 2.45) is 0 Å². The van der Waals surface area contributed by atoms with Gasteiger partial charge in [0, 0.05) is 12.7 Å². The summed E-state index contributed by atoms with van der Waals surface area (Å²) in [6, 6.07) is 5.47. The first kappa shape index (κ1) is 14.2. The summed E-state index contributed by atoms with van der Waals surface area (Å²) in [7, 11) is 1.29. The molecule has 1 aromatic carbocycles. The lowest BCUT2D eigenvalue weighted by molar-refractivity contribution is -0.148. The van der Waals surface area contributed by atoms with Crippen molar-refractivity contribution >= 4 is 11.9 Å². The number of rotatable bonds is 5. The highest BCUT2D eigenvalue weighted by molar-refractivity contribution is 5.94. The lowest BCUT2D eigenvalue weighted by atomic mass is 10.1. The second kappa shape index (κ2) is 6.16. The summed E-state index contributed by atoms with van der Waals surface area (Å²) in [5.74, 6) is -1.40. The van der Waals surface area contributed by atoms with Crippen LogP contribution >= 0.6 is 0 Å². The fourth-order valence-corrected chi connectivity index (χ4v) is 1.66. The van der Waals surface area contributed by atoms with Crippen LogP contribution in [0.1, 0.15) is 21.5 Å². The summed E-state index contributed by atoms with van der Waals surface area (Å²) in [4.78, 5) is 22.5. The lowest BCUT2D eigenvalue weighted by Gasteiger charge is -2.12. The zero-order chi connectivity index (χ0) is 13.7. The molecule has 1 rings (SSSR count).